The minimum Gasteiger partial charge on any atom is -0.490 e. The molecule has 0 bridgehead atoms. The normalized spacial score (nSPS) is 15.5. The Hall–Kier alpha value is -2.75. The van der Waals surface area contributed by atoms with Crippen LogP contribution in [0.1, 0.15) is 18.4 Å². The number of piperidine rings is 1. The van der Waals surface area contributed by atoms with Crippen LogP contribution in [-0.4, -0.2) is 24.2 Å². The van der Waals surface area contributed by atoms with E-state index in [1.54, 1.807) is 12.3 Å². The summed E-state index contributed by atoms with van der Waals surface area (Å²) in [6, 6.07) is 15.6. The van der Waals surface area contributed by atoms with Gasteiger partial charge in [0.25, 0.3) is 0 Å². The second kappa shape index (κ2) is 6.63. The number of aryl methyl sites for hydroxylation is 1. The van der Waals surface area contributed by atoms with Gasteiger partial charge in [-0.25, -0.2) is 0 Å². The molecule has 2 heterocycles. The zero-order chi connectivity index (χ0) is 17.2. The fraction of sp³-hybridized carbons (Fsp3) is 0.286. The van der Waals surface area contributed by atoms with Gasteiger partial charge in [0.2, 0.25) is 0 Å². The number of anilines is 1. The van der Waals surface area contributed by atoms with E-state index in [0.717, 1.165) is 48.3 Å². The molecule has 0 aliphatic carbocycles. The van der Waals surface area contributed by atoms with Gasteiger partial charge in [-0.2, -0.15) is 0 Å². The Kier molecular flexibility index (Phi) is 4.18. The molecule has 0 spiro atoms. The lowest BCUT2D eigenvalue weighted by Gasteiger charge is -2.34. The average molecular weight is 333 g/mol. The standard InChI is InChI=1S/C21H21N2O2/c1-15-5-7-16(8-6-15)25-17-10-13-23(14-11-17)19-4-2-3-18-21(19)20(24)9-12-22-18/h2-9,12,17H,10-11,13-14H2,1H3. The smallest absolute Gasteiger partial charge is 0.191 e. The summed E-state index contributed by atoms with van der Waals surface area (Å²) in [5.74, 6) is 0.971. The van der Waals surface area contributed by atoms with Crippen molar-refractivity contribution >= 4 is 16.6 Å². The van der Waals surface area contributed by atoms with Crippen molar-refractivity contribution in [2.75, 3.05) is 18.0 Å². The van der Waals surface area contributed by atoms with Gasteiger partial charge in [-0.3, -0.25) is 10.1 Å². The van der Waals surface area contributed by atoms with Gasteiger partial charge in [-0.1, -0.05) is 23.8 Å². The van der Waals surface area contributed by atoms with Crippen molar-refractivity contribution in [2.45, 2.75) is 25.9 Å². The van der Waals surface area contributed by atoms with Gasteiger partial charge in [0.05, 0.1) is 16.6 Å². The fourth-order valence-corrected chi connectivity index (χ4v) is 3.44. The van der Waals surface area contributed by atoms with Crippen molar-refractivity contribution in [1.29, 1.82) is 0 Å². The molecule has 25 heavy (non-hydrogen) atoms. The molecule has 127 valence electrons. The zero-order valence-corrected chi connectivity index (χ0v) is 14.3. The monoisotopic (exact) mass is 333 g/mol. The summed E-state index contributed by atoms with van der Waals surface area (Å²) < 4.78 is 6.10. The van der Waals surface area contributed by atoms with Gasteiger partial charge >= 0.3 is 0 Å². The van der Waals surface area contributed by atoms with Crippen molar-refractivity contribution in [3.05, 3.63) is 60.3 Å². The molecule has 3 aromatic rings. The van der Waals surface area contributed by atoms with Crippen LogP contribution < -0.4 is 9.64 Å². The minimum atomic E-state index is 0.0404. The molecule has 4 rings (SSSR count). The lowest BCUT2D eigenvalue weighted by Crippen LogP contribution is -2.38. The Morgan fingerprint density at radius 2 is 1.80 bits per heavy atom. The molecule has 1 aliphatic heterocycles. The van der Waals surface area contributed by atoms with Crippen LogP contribution in [0.2, 0.25) is 0 Å². The number of rotatable bonds is 3. The molecule has 0 saturated carbocycles. The molecule has 4 heteroatoms. The third-order valence-electron chi connectivity index (χ3n) is 4.81. The Balaban J connectivity index is 1.48. The summed E-state index contributed by atoms with van der Waals surface area (Å²) in [6.45, 7) is 3.83. The number of nitrogens with zero attached hydrogens (tertiary/aromatic N) is 2. The number of aromatic nitrogens is 1. The van der Waals surface area contributed by atoms with E-state index in [1.807, 2.05) is 30.3 Å². The van der Waals surface area contributed by atoms with Crippen LogP contribution in [0.25, 0.3) is 10.9 Å². The van der Waals surface area contributed by atoms with Gasteiger partial charge in [0.15, 0.2) is 5.75 Å². The van der Waals surface area contributed by atoms with Crippen LogP contribution in [0, 0.1) is 6.92 Å². The summed E-state index contributed by atoms with van der Waals surface area (Å²) in [4.78, 5) is 6.60. The predicted octanol–water partition coefficient (Wildman–Crippen LogP) is 4.73. The Bertz CT molecular complexity index is 863. The van der Waals surface area contributed by atoms with Gasteiger partial charge < -0.3 is 9.64 Å². The maximum Gasteiger partial charge on any atom is 0.191 e. The van der Waals surface area contributed by atoms with Crippen LogP contribution >= 0.6 is 0 Å². The molecular weight excluding hydrogens is 312 g/mol. The minimum absolute atomic E-state index is 0.0404. The third-order valence-corrected chi connectivity index (χ3v) is 4.81. The molecule has 0 N–H and O–H groups in total. The summed E-state index contributed by atoms with van der Waals surface area (Å²) in [7, 11) is 0. The Labute approximate surface area is 147 Å². The lowest BCUT2D eigenvalue weighted by atomic mass is 10.0. The fourth-order valence-electron chi connectivity index (χ4n) is 3.44. The largest absolute Gasteiger partial charge is 0.490 e. The maximum atomic E-state index is 12.3. The van der Waals surface area contributed by atoms with Crippen LogP contribution in [0.15, 0.2) is 54.7 Å². The number of hydrogen-bond donors (Lipinski definition) is 0. The highest BCUT2D eigenvalue weighted by molar-refractivity contribution is 5.96. The Morgan fingerprint density at radius 1 is 1.04 bits per heavy atom. The highest BCUT2D eigenvalue weighted by Crippen LogP contribution is 2.34. The van der Waals surface area contributed by atoms with Crippen molar-refractivity contribution in [1.82, 2.24) is 4.98 Å². The first-order valence-corrected chi connectivity index (χ1v) is 8.74. The summed E-state index contributed by atoms with van der Waals surface area (Å²) in [5.41, 5.74) is 2.99. The summed E-state index contributed by atoms with van der Waals surface area (Å²) in [6.07, 6.45) is 3.69. The van der Waals surface area contributed by atoms with E-state index in [1.165, 1.54) is 5.56 Å². The van der Waals surface area contributed by atoms with Crippen LogP contribution in [0.5, 0.6) is 11.5 Å². The molecule has 1 aliphatic rings. The second-order valence-electron chi connectivity index (χ2n) is 6.60. The topological polar surface area (TPSA) is 45.3 Å². The molecule has 1 aromatic heterocycles. The predicted molar refractivity (Wildman–Crippen MR) is 98.9 cm³/mol. The van der Waals surface area contributed by atoms with Gasteiger partial charge in [0.1, 0.15) is 11.9 Å². The van der Waals surface area contributed by atoms with E-state index in [2.05, 4.69) is 28.9 Å². The first-order chi connectivity index (χ1) is 12.2. The molecule has 4 nitrogen and oxygen atoms in total. The number of benzene rings is 2. The molecule has 1 fully saturated rings. The van der Waals surface area contributed by atoms with Crippen LogP contribution in [0.3, 0.4) is 0 Å². The molecular formula is C21H21N2O2. The first-order valence-electron chi connectivity index (χ1n) is 8.74. The van der Waals surface area contributed by atoms with Gasteiger partial charge in [-0.15, -0.1) is 0 Å². The zero-order valence-electron chi connectivity index (χ0n) is 14.3. The van der Waals surface area contributed by atoms with Crippen molar-refractivity contribution in [3.63, 3.8) is 0 Å². The molecule has 2 aromatic carbocycles. The highest BCUT2D eigenvalue weighted by Gasteiger charge is 2.23. The quantitative estimate of drug-likeness (QED) is 0.696. The van der Waals surface area contributed by atoms with Crippen LogP contribution in [-0.2, 0) is 5.11 Å². The van der Waals surface area contributed by atoms with E-state index < -0.39 is 0 Å². The van der Waals surface area contributed by atoms with Crippen molar-refractivity contribution < 1.29 is 9.84 Å². The van der Waals surface area contributed by atoms with E-state index in [0.29, 0.717) is 0 Å². The third kappa shape index (κ3) is 3.25. The Morgan fingerprint density at radius 3 is 2.56 bits per heavy atom. The number of fused-ring (bicyclic) bond motifs is 1. The number of pyridine rings is 1. The number of hydrogen-bond acceptors (Lipinski definition) is 3. The summed E-state index contributed by atoms with van der Waals surface area (Å²) in [5, 5.41) is 13.0. The molecule has 1 radical (unpaired) electrons. The molecule has 0 unspecified atom stereocenters. The van der Waals surface area contributed by atoms with Crippen molar-refractivity contribution in [3.8, 4) is 11.5 Å². The van der Waals surface area contributed by atoms with Crippen molar-refractivity contribution in [2.24, 2.45) is 0 Å². The highest BCUT2D eigenvalue weighted by atomic mass is 16.5. The van der Waals surface area contributed by atoms with Gasteiger partial charge in [0, 0.05) is 38.2 Å². The van der Waals surface area contributed by atoms with Gasteiger partial charge in [-0.05, 0) is 31.2 Å². The maximum absolute atomic E-state index is 12.3. The van der Waals surface area contributed by atoms with E-state index in [9.17, 15) is 5.11 Å². The SMILES string of the molecule is Cc1ccc(OC2CCN(c3cccc4nccc([O])c34)CC2)cc1. The molecule has 0 atom stereocenters. The second-order valence-corrected chi connectivity index (χ2v) is 6.60. The van der Waals surface area contributed by atoms with E-state index in [4.69, 9.17) is 4.74 Å². The van der Waals surface area contributed by atoms with Crippen LogP contribution in [0.4, 0.5) is 5.69 Å². The lowest BCUT2D eigenvalue weighted by molar-refractivity contribution is 0.171. The van der Waals surface area contributed by atoms with E-state index in [-0.39, 0.29) is 11.9 Å². The molecule has 0 amide bonds. The average Bonchev–Trinajstić information content (AvgIpc) is 2.64. The van der Waals surface area contributed by atoms with E-state index >= 15 is 0 Å². The molecule has 1 saturated heterocycles. The summed E-state index contributed by atoms with van der Waals surface area (Å²) >= 11 is 0. The number of ether oxygens (including phenoxy) is 1. The first kappa shape index (κ1) is 15.8.